The normalized spacial score (nSPS) is 14.2. The summed E-state index contributed by atoms with van der Waals surface area (Å²) < 4.78 is 7.01. The Labute approximate surface area is 147 Å². The first kappa shape index (κ1) is 18.5. The van der Waals surface area contributed by atoms with E-state index in [0.29, 0.717) is 18.4 Å². The molecule has 0 fully saturated rings. The highest BCUT2D eigenvalue weighted by Crippen LogP contribution is 2.31. The molecule has 0 aromatic heterocycles. The van der Waals surface area contributed by atoms with E-state index in [1.54, 1.807) is 0 Å². The lowest BCUT2D eigenvalue weighted by Crippen LogP contribution is -2.39. The molecule has 2 heteroatoms. The van der Waals surface area contributed by atoms with Crippen LogP contribution in [0.4, 0.5) is 0 Å². The van der Waals surface area contributed by atoms with Gasteiger partial charge in [-0.25, -0.2) is 0 Å². The molecule has 2 aromatic rings. The third kappa shape index (κ3) is 5.68. The lowest BCUT2D eigenvalue weighted by atomic mass is 9.84. The fourth-order valence-electron chi connectivity index (χ4n) is 3.53. The average molecular weight is 327 g/mol. The predicted molar refractivity (Wildman–Crippen MR) is 102 cm³/mol. The maximum atomic E-state index is 6.00. The van der Waals surface area contributed by atoms with E-state index in [1.807, 2.05) is 6.07 Å². The van der Waals surface area contributed by atoms with Crippen LogP contribution in [0, 0.1) is 5.92 Å². The van der Waals surface area contributed by atoms with Crippen LogP contribution in [0.3, 0.4) is 0 Å². The van der Waals surface area contributed by atoms with Crippen LogP contribution in [0.1, 0.15) is 37.3 Å². The third-order valence-corrected chi connectivity index (χ3v) is 4.50. The van der Waals surface area contributed by atoms with Crippen LogP contribution in [0.5, 0.6) is 5.75 Å². The molecule has 0 spiro atoms. The van der Waals surface area contributed by atoms with Crippen molar-refractivity contribution in [1.82, 2.24) is 0 Å². The van der Waals surface area contributed by atoms with Crippen molar-refractivity contribution < 1.29 is 9.22 Å². The Morgan fingerprint density at radius 2 is 1.67 bits per heavy atom. The Hall–Kier alpha value is -1.80. The van der Waals surface area contributed by atoms with E-state index in [1.165, 1.54) is 17.7 Å². The summed E-state index contributed by atoms with van der Waals surface area (Å²) in [6, 6.07) is 19.0. The summed E-state index contributed by atoms with van der Waals surface area (Å²) in [4.78, 5) is 0. The summed E-state index contributed by atoms with van der Waals surface area (Å²) >= 11 is 0. The molecule has 0 amide bonds. The minimum absolute atomic E-state index is 0.572. The molecular formula is C22H32NO+. The largest absolute Gasteiger partial charge is 0.489 e. The summed E-state index contributed by atoms with van der Waals surface area (Å²) in [6.07, 6.45) is 1.16. The van der Waals surface area contributed by atoms with Crippen molar-refractivity contribution in [3.8, 4) is 5.75 Å². The van der Waals surface area contributed by atoms with Crippen molar-refractivity contribution in [2.24, 2.45) is 5.92 Å². The summed E-state index contributed by atoms with van der Waals surface area (Å²) in [6.45, 7) is 6.45. The van der Waals surface area contributed by atoms with E-state index in [0.717, 1.165) is 16.7 Å². The first-order valence-corrected chi connectivity index (χ1v) is 8.96. The molecule has 2 rings (SSSR count). The summed E-state index contributed by atoms with van der Waals surface area (Å²) in [7, 11) is 6.80. The average Bonchev–Trinajstić information content (AvgIpc) is 2.53. The second kappa shape index (κ2) is 8.34. The first-order valence-electron chi connectivity index (χ1n) is 8.96. The number of nitrogens with zero attached hydrogens (tertiary/aromatic N) is 1. The second-order valence-electron chi connectivity index (χ2n) is 7.81. The first-order chi connectivity index (χ1) is 11.4. The quantitative estimate of drug-likeness (QED) is 0.613. The van der Waals surface area contributed by atoms with Gasteiger partial charge in [-0.2, -0.15) is 0 Å². The molecule has 130 valence electrons. The minimum Gasteiger partial charge on any atom is -0.489 e. The van der Waals surface area contributed by atoms with E-state index in [4.69, 9.17) is 4.74 Å². The Morgan fingerprint density at radius 3 is 2.29 bits per heavy atom. The molecule has 24 heavy (non-hydrogen) atoms. The number of hydrogen-bond donors (Lipinski definition) is 0. The fourth-order valence-corrected chi connectivity index (χ4v) is 3.53. The van der Waals surface area contributed by atoms with Crippen LogP contribution in [0.2, 0.25) is 0 Å². The summed E-state index contributed by atoms with van der Waals surface area (Å²) in [5.74, 6) is 2.18. The van der Waals surface area contributed by atoms with Crippen LogP contribution < -0.4 is 4.74 Å². The monoisotopic (exact) mass is 326 g/mol. The second-order valence-corrected chi connectivity index (χ2v) is 7.81. The lowest BCUT2D eigenvalue weighted by Gasteiger charge is -2.31. The van der Waals surface area contributed by atoms with Gasteiger partial charge in [0.2, 0.25) is 0 Å². The Balaban J connectivity index is 2.07. The van der Waals surface area contributed by atoms with Gasteiger partial charge in [0.15, 0.2) is 0 Å². The highest BCUT2D eigenvalue weighted by molar-refractivity contribution is 5.31. The molecule has 2 aromatic carbocycles. The summed E-state index contributed by atoms with van der Waals surface area (Å²) in [5, 5.41) is 0. The minimum atomic E-state index is 0.572. The number of rotatable bonds is 8. The van der Waals surface area contributed by atoms with Gasteiger partial charge >= 0.3 is 0 Å². The number of quaternary nitrogens is 1. The van der Waals surface area contributed by atoms with Gasteiger partial charge in [0.25, 0.3) is 0 Å². The Bertz CT molecular complexity index is 615. The molecule has 0 heterocycles. The van der Waals surface area contributed by atoms with Gasteiger partial charge in [0.1, 0.15) is 12.4 Å². The smallest absolute Gasteiger partial charge is 0.120 e. The molecule has 0 N–H and O–H groups in total. The van der Waals surface area contributed by atoms with Gasteiger partial charge in [0.05, 0.1) is 27.7 Å². The van der Waals surface area contributed by atoms with Crippen LogP contribution in [-0.2, 0) is 6.61 Å². The SMILES string of the molecule is CCC(c1cccc(OCc2ccccc2)c1)C(C)C[N+](C)(C)C. The van der Waals surface area contributed by atoms with Gasteiger partial charge in [-0.05, 0) is 35.6 Å². The van der Waals surface area contributed by atoms with Gasteiger partial charge in [-0.1, -0.05) is 56.3 Å². The van der Waals surface area contributed by atoms with Gasteiger partial charge in [-0.15, -0.1) is 0 Å². The van der Waals surface area contributed by atoms with Crippen molar-refractivity contribution in [3.05, 3.63) is 65.7 Å². The molecule has 0 radical (unpaired) electrons. The Kier molecular flexibility index (Phi) is 6.44. The molecule has 0 aliphatic rings. The molecule has 0 saturated heterocycles. The van der Waals surface area contributed by atoms with E-state index in [9.17, 15) is 0 Å². The van der Waals surface area contributed by atoms with Crippen molar-refractivity contribution in [2.75, 3.05) is 27.7 Å². The molecule has 0 aliphatic heterocycles. The molecule has 2 nitrogen and oxygen atoms in total. The van der Waals surface area contributed by atoms with Crippen molar-refractivity contribution >= 4 is 0 Å². The number of hydrogen-bond acceptors (Lipinski definition) is 1. The van der Waals surface area contributed by atoms with Gasteiger partial charge in [0, 0.05) is 5.92 Å². The highest BCUT2D eigenvalue weighted by atomic mass is 16.5. The molecule has 0 saturated carbocycles. The van der Waals surface area contributed by atoms with E-state index in [2.05, 4.69) is 83.5 Å². The van der Waals surface area contributed by atoms with E-state index >= 15 is 0 Å². The standard InChI is InChI=1S/C22H32NO/c1-6-22(18(2)16-23(3,4)5)20-13-10-14-21(15-20)24-17-19-11-8-7-9-12-19/h7-15,18,22H,6,16-17H2,1-5H3/q+1. The molecule has 2 unspecified atom stereocenters. The zero-order chi connectivity index (χ0) is 17.6. The lowest BCUT2D eigenvalue weighted by molar-refractivity contribution is -0.873. The van der Waals surface area contributed by atoms with Crippen LogP contribution >= 0.6 is 0 Å². The van der Waals surface area contributed by atoms with Crippen molar-refractivity contribution in [1.29, 1.82) is 0 Å². The topological polar surface area (TPSA) is 9.23 Å². The maximum absolute atomic E-state index is 6.00. The predicted octanol–water partition coefficient (Wildman–Crippen LogP) is 5.10. The number of benzene rings is 2. The van der Waals surface area contributed by atoms with Gasteiger partial charge in [-0.3, -0.25) is 0 Å². The van der Waals surface area contributed by atoms with Crippen molar-refractivity contribution in [3.63, 3.8) is 0 Å². The molecule has 0 bridgehead atoms. The van der Waals surface area contributed by atoms with E-state index < -0.39 is 0 Å². The van der Waals surface area contributed by atoms with Crippen LogP contribution in [0.15, 0.2) is 54.6 Å². The fraction of sp³-hybridized carbons (Fsp3) is 0.455. The van der Waals surface area contributed by atoms with E-state index in [-0.39, 0.29) is 0 Å². The Morgan fingerprint density at radius 1 is 0.958 bits per heavy atom. The van der Waals surface area contributed by atoms with Crippen LogP contribution in [0.25, 0.3) is 0 Å². The van der Waals surface area contributed by atoms with Crippen LogP contribution in [-0.4, -0.2) is 32.2 Å². The summed E-state index contributed by atoms with van der Waals surface area (Å²) in [5.41, 5.74) is 2.59. The molecular weight excluding hydrogens is 294 g/mol. The maximum Gasteiger partial charge on any atom is 0.120 e. The molecule has 2 atom stereocenters. The van der Waals surface area contributed by atoms with Gasteiger partial charge < -0.3 is 9.22 Å². The zero-order valence-corrected chi connectivity index (χ0v) is 15.8. The number of ether oxygens (including phenoxy) is 1. The zero-order valence-electron chi connectivity index (χ0n) is 15.8. The molecule has 0 aliphatic carbocycles. The van der Waals surface area contributed by atoms with Crippen molar-refractivity contribution in [2.45, 2.75) is 32.8 Å². The third-order valence-electron chi connectivity index (χ3n) is 4.50. The highest BCUT2D eigenvalue weighted by Gasteiger charge is 2.23.